The average Bonchev–Trinajstić information content (AvgIpc) is 2.98. The summed E-state index contributed by atoms with van der Waals surface area (Å²) in [6.07, 6.45) is 1.75. The molecule has 0 saturated carbocycles. The first-order chi connectivity index (χ1) is 10.7. The van der Waals surface area contributed by atoms with Crippen molar-refractivity contribution >= 4 is 16.9 Å². The molecule has 3 rings (SSSR count). The van der Waals surface area contributed by atoms with Crippen LogP contribution in [0.4, 0.5) is 0 Å². The molecule has 0 spiro atoms. The van der Waals surface area contributed by atoms with E-state index in [0.29, 0.717) is 6.54 Å². The summed E-state index contributed by atoms with van der Waals surface area (Å²) in [4.78, 5) is 21.2. The molecule has 1 aliphatic rings. The first kappa shape index (κ1) is 15.0. The molecule has 1 amide bonds. The summed E-state index contributed by atoms with van der Waals surface area (Å²) >= 11 is 0. The van der Waals surface area contributed by atoms with Gasteiger partial charge in [-0.05, 0) is 19.1 Å². The van der Waals surface area contributed by atoms with Crippen molar-refractivity contribution in [2.24, 2.45) is 0 Å². The lowest BCUT2D eigenvalue weighted by molar-refractivity contribution is -0.136. The summed E-state index contributed by atoms with van der Waals surface area (Å²) in [6, 6.07) is 7.61. The van der Waals surface area contributed by atoms with Crippen molar-refractivity contribution in [3.8, 4) is 0 Å². The van der Waals surface area contributed by atoms with Crippen LogP contribution in [-0.4, -0.2) is 69.7 Å². The zero-order valence-electron chi connectivity index (χ0n) is 12.9. The van der Waals surface area contributed by atoms with E-state index in [1.54, 1.807) is 6.33 Å². The van der Waals surface area contributed by atoms with Crippen molar-refractivity contribution < 1.29 is 9.90 Å². The maximum Gasteiger partial charge on any atom is 0.245 e. The van der Waals surface area contributed by atoms with Crippen molar-refractivity contribution in [2.45, 2.75) is 13.0 Å². The number of fused-ring (bicyclic) bond motifs is 1. The number of carbonyl (C=O) groups excluding carboxylic acids is 1. The maximum absolute atomic E-state index is 12.7. The zero-order chi connectivity index (χ0) is 15.5. The molecule has 1 aromatic heterocycles. The number of hydrogen-bond donors (Lipinski definition) is 1. The Balaban J connectivity index is 1.70. The van der Waals surface area contributed by atoms with Crippen LogP contribution in [0.1, 0.15) is 13.0 Å². The molecule has 1 aromatic carbocycles. The number of carbonyl (C=O) groups is 1. The van der Waals surface area contributed by atoms with Gasteiger partial charge in [-0.25, -0.2) is 4.98 Å². The molecule has 1 saturated heterocycles. The fourth-order valence-electron chi connectivity index (χ4n) is 3.00. The van der Waals surface area contributed by atoms with Gasteiger partial charge in [0.05, 0.1) is 24.0 Å². The van der Waals surface area contributed by atoms with Gasteiger partial charge in [-0.1, -0.05) is 12.1 Å². The summed E-state index contributed by atoms with van der Waals surface area (Å²) in [5.41, 5.74) is 1.90. The van der Waals surface area contributed by atoms with E-state index in [1.165, 1.54) is 0 Å². The Bertz CT molecular complexity index is 646. The molecule has 1 aliphatic heterocycles. The van der Waals surface area contributed by atoms with Gasteiger partial charge < -0.3 is 14.6 Å². The molecule has 22 heavy (non-hydrogen) atoms. The van der Waals surface area contributed by atoms with Gasteiger partial charge in [-0.15, -0.1) is 0 Å². The number of amides is 1. The molecule has 1 fully saturated rings. The van der Waals surface area contributed by atoms with Crippen LogP contribution in [0.25, 0.3) is 11.0 Å². The molecule has 1 N–H and O–H groups in total. The Kier molecular flexibility index (Phi) is 4.40. The summed E-state index contributed by atoms with van der Waals surface area (Å²) in [7, 11) is 0. The standard InChI is InChI=1S/C16H22N4O2/c1-13(20-12-17-14-4-2-3-5-15(14)20)16(22)19-8-6-18(7-9-19)10-11-21/h2-5,12-13,21H,6-11H2,1H3. The Labute approximate surface area is 130 Å². The van der Waals surface area contributed by atoms with Gasteiger partial charge in [0.15, 0.2) is 0 Å². The second-order valence-electron chi connectivity index (χ2n) is 5.71. The Morgan fingerprint density at radius 2 is 2.00 bits per heavy atom. The number of para-hydroxylation sites is 2. The highest BCUT2D eigenvalue weighted by Crippen LogP contribution is 2.19. The summed E-state index contributed by atoms with van der Waals surface area (Å²) in [6.45, 7) is 5.87. The summed E-state index contributed by atoms with van der Waals surface area (Å²) < 4.78 is 1.94. The third-order valence-electron chi connectivity index (χ3n) is 4.36. The van der Waals surface area contributed by atoms with E-state index in [1.807, 2.05) is 40.7 Å². The van der Waals surface area contributed by atoms with Crippen molar-refractivity contribution in [3.05, 3.63) is 30.6 Å². The first-order valence-corrected chi connectivity index (χ1v) is 7.74. The van der Waals surface area contributed by atoms with Crippen molar-refractivity contribution in [1.29, 1.82) is 0 Å². The maximum atomic E-state index is 12.7. The zero-order valence-corrected chi connectivity index (χ0v) is 12.9. The van der Waals surface area contributed by atoms with Gasteiger partial charge in [0, 0.05) is 32.7 Å². The Hall–Kier alpha value is -1.92. The molecule has 0 aliphatic carbocycles. The fourth-order valence-corrected chi connectivity index (χ4v) is 3.00. The monoisotopic (exact) mass is 302 g/mol. The predicted molar refractivity (Wildman–Crippen MR) is 84.5 cm³/mol. The van der Waals surface area contributed by atoms with Crippen LogP contribution in [0, 0.1) is 0 Å². The molecule has 1 unspecified atom stereocenters. The minimum absolute atomic E-state index is 0.131. The number of aliphatic hydroxyl groups is 1. The van der Waals surface area contributed by atoms with E-state index in [-0.39, 0.29) is 18.6 Å². The second kappa shape index (κ2) is 6.46. The second-order valence-corrected chi connectivity index (χ2v) is 5.71. The van der Waals surface area contributed by atoms with E-state index >= 15 is 0 Å². The molecule has 0 bridgehead atoms. The van der Waals surface area contributed by atoms with Crippen LogP contribution in [0.3, 0.4) is 0 Å². The van der Waals surface area contributed by atoms with Gasteiger partial charge in [0.2, 0.25) is 5.91 Å². The summed E-state index contributed by atoms with van der Waals surface area (Å²) in [5, 5.41) is 8.97. The molecular weight excluding hydrogens is 280 g/mol. The number of hydrogen-bond acceptors (Lipinski definition) is 4. The van der Waals surface area contributed by atoms with Crippen LogP contribution >= 0.6 is 0 Å². The number of imidazole rings is 1. The van der Waals surface area contributed by atoms with Crippen molar-refractivity contribution in [1.82, 2.24) is 19.4 Å². The summed E-state index contributed by atoms with van der Waals surface area (Å²) in [5.74, 6) is 0.131. The van der Waals surface area contributed by atoms with E-state index in [4.69, 9.17) is 5.11 Å². The predicted octanol–water partition coefficient (Wildman–Crippen LogP) is 0.734. The van der Waals surface area contributed by atoms with Gasteiger partial charge >= 0.3 is 0 Å². The van der Waals surface area contributed by atoms with E-state index < -0.39 is 0 Å². The highest BCUT2D eigenvalue weighted by atomic mass is 16.3. The third kappa shape index (κ3) is 2.84. The molecular formula is C16H22N4O2. The molecule has 2 heterocycles. The van der Waals surface area contributed by atoms with Gasteiger partial charge in [0.1, 0.15) is 6.04 Å². The third-order valence-corrected chi connectivity index (χ3v) is 4.36. The quantitative estimate of drug-likeness (QED) is 0.904. The molecule has 1 atom stereocenters. The first-order valence-electron chi connectivity index (χ1n) is 7.74. The molecule has 6 nitrogen and oxygen atoms in total. The number of piperazine rings is 1. The highest BCUT2D eigenvalue weighted by Gasteiger charge is 2.26. The Morgan fingerprint density at radius 1 is 1.27 bits per heavy atom. The normalized spacial score (nSPS) is 17.8. The number of aliphatic hydroxyl groups excluding tert-OH is 1. The largest absolute Gasteiger partial charge is 0.395 e. The number of nitrogens with zero attached hydrogens (tertiary/aromatic N) is 4. The molecule has 2 aromatic rings. The van der Waals surface area contributed by atoms with Crippen molar-refractivity contribution in [3.63, 3.8) is 0 Å². The number of rotatable bonds is 4. The molecule has 118 valence electrons. The molecule has 0 radical (unpaired) electrons. The van der Waals surface area contributed by atoms with Crippen LogP contribution in [0.15, 0.2) is 30.6 Å². The SMILES string of the molecule is CC(C(=O)N1CCN(CCO)CC1)n1cnc2ccccc21. The van der Waals surface area contributed by atoms with Gasteiger partial charge in [-0.2, -0.15) is 0 Å². The topological polar surface area (TPSA) is 61.6 Å². The average molecular weight is 302 g/mol. The van der Waals surface area contributed by atoms with E-state index in [9.17, 15) is 4.79 Å². The minimum atomic E-state index is -0.253. The van der Waals surface area contributed by atoms with Crippen LogP contribution in [0.2, 0.25) is 0 Å². The van der Waals surface area contributed by atoms with Gasteiger partial charge in [-0.3, -0.25) is 9.69 Å². The number of β-amino-alcohol motifs (C(OH)–C–C–N with tert-alkyl or cyclic N) is 1. The Morgan fingerprint density at radius 3 is 2.73 bits per heavy atom. The van der Waals surface area contributed by atoms with Crippen molar-refractivity contribution in [2.75, 3.05) is 39.3 Å². The molecule has 6 heteroatoms. The lowest BCUT2D eigenvalue weighted by Crippen LogP contribution is -2.50. The fraction of sp³-hybridized carbons (Fsp3) is 0.500. The van der Waals surface area contributed by atoms with E-state index in [2.05, 4.69) is 9.88 Å². The minimum Gasteiger partial charge on any atom is -0.395 e. The highest BCUT2D eigenvalue weighted by molar-refractivity contribution is 5.83. The lowest BCUT2D eigenvalue weighted by Gasteiger charge is -2.35. The van der Waals surface area contributed by atoms with Crippen LogP contribution in [-0.2, 0) is 4.79 Å². The number of aromatic nitrogens is 2. The number of benzene rings is 1. The van der Waals surface area contributed by atoms with Crippen LogP contribution in [0.5, 0.6) is 0 Å². The smallest absolute Gasteiger partial charge is 0.245 e. The van der Waals surface area contributed by atoms with E-state index in [0.717, 1.165) is 37.2 Å². The lowest BCUT2D eigenvalue weighted by atomic mass is 10.2. The van der Waals surface area contributed by atoms with Gasteiger partial charge in [0.25, 0.3) is 0 Å². The van der Waals surface area contributed by atoms with Crippen LogP contribution < -0.4 is 0 Å².